The molecule has 5 nitrogen and oxygen atoms in total. The van der Waals surface area contributed by atoms with Crippen LogP contribution in [-0.2, 0) is 4.74 Å². The van der Waals surface area contributed by atoms with Gasteiger partial charge in [0, 0.05) is 25.9 Å². The lowest BCUT2D eigenvalue weighted by Gasteiger charge is -2.29. The third kappa shape index (κ3) is 5.01. The van der Waals surface area contributed by atoms with Gasteiger partial charge in [0.15, 0.2) is 0 Å². The topological polar surface area (TPSA) is 54.5 Å². The van der Waals surface area contributed by atoms with Crippen LogP contribution in [0, 0.1) is 6.92 Å². The molecule has 0 radical (unpaired) electrons. The number of aryl methyl sites for hydroxylation is 1. The second-order valence-electron chi connectivity index (χ2n) is 5.59. The molecule has 2 heterocycles. The Labute approximate surface area is 126 Å². The molecule has 116 valence electrons. The summed E-state index contributed by atoms with van der Waals surface area (Å²) < 4.78 is 5.73. The summed E-state index contributed by atoms with van der Waals surface area (Å²) in [6.45, 7) is 6.25. The van der Waals surface area contributed by atoms with Crippen LogP contribution in [0.25, 0.3) is 0 Å². The molecule has 1 atom stereocenters. The molecule has 2 rings (SSSR count). The van der Waals surface area contributed by atoms with Gasteiger partial charge in [-0.05, 0) is 44.2 Å². The van der Waals surface area contributed by atoms with E-state index in [2.05, 4.69) is 17.2 Å². The van der Waals surface area contributed by atoms with Gasteiger partial charge in [-0.15, -0.1) is 0 Å². The molecular formula is C16H25N3O2. The van der Waals surface area contributed by atoms with Crippen LogP contribution < -0.4 is 5.32 Å². The van der Waals surface area contributed by atoms with Crippen molar-refractivity contribution in [3.8, 4) is 0 Å². The number of hydrogen-bond acceptors (Lipinski definition) is 3. The molecule has 2 amide bonds. The number of urea groups is 1. The summed E-state index contributed by atoms with van der Waals surface area (Å²) in [6, 6.07) is 3.67. The minimum Gasteiger partial charge on any atom is -0.376 e. The highest BCUT2D eigenvalue weighted by molar-refractivity contribution is 5.88. The van der Waals surface area contributed by atoms with Crippen molar-refractivity contribution in [1.29, 1.82) is 0 Å². The van der Waals surface area contributed by atoms with Crippen LogP contribution in [0.4, 0.5) is 10.6 Å². The fourth-order valence-electron chi connectivity index (χ4n) is 2.47. The zero-order valence-corrected chi connectivity index (χ0v) is 13.0. The van der Waals surface area contributed by atoms with Crippen LogP contribution in [0.3, 0.4) is 0 Å². The first-order valence-corrected chi connectivity index (χ1v) is 7.79. The van der Waals surface area contributed by atoms with E-state index in [0.717, 1.165) is 38.0 Å². The molecule has 1 fully saturated rings. The average molecular weight is 291 g/mol. The zero-order valence-electron chi connectivity index (χ0n) is 13.0. The first-order valence-electron chi connectivity index (χ1n) is 7.79. The van der Waals surface area contributed by atoms with Gasteiger partial charge in [0.05, 0.1) is 6.10 Å². The number of nitrogens with zero attached hydrogens (tertiary/aromatic N) is 2. The number of carbonyl (C=O) groups excluding carboxylic acids is 1. The Hall–Kier alpha value is -1.62. The summed E-state index contributed by atoms with van der Waals surface area (Å²) >= 11 is 0. The van der Waals surface area contributed by atoms with Crippen molar-refractivity contribution in [3.63, 3.8) is 0 Å². The molecule has 0 aliphatic carbocycles. The van der Waals surface area contributed by atoms with Crippen molar-refractivity contribution in [2.75, 3.05) is 25.0 Å². The van der Waals surface area contributed by atoms with Gasteiger partial charge in [-0.25, -0.2) is 9.78 Å². The Bertz CT molecular complexity index is 441. The Balaban J connectivity index is 1.92. The molecule has 1 aliphatic rings. The first-order chi connectivity index (χ1) is 10.2. The summed E-state index contributed by atoms with van der Waals surface area (Å²) in [5.74, 6) is 0.594. The molecule has 1 aromatic rings. The number of ether oxygens (including phenoxy) is 1. The third-order valence-corrected chi connectivity index (χ3v) is 3.63. The van der Waals surface area contributed by atoms with E-state index in [1.165, 1.54) is 6.42 Å². The number of amides is 2. The van der Waals surface area contributed by atoms with E-state index in [1.807, 2.05) is 24.0 Å². The smallest absolute Gasteiger partial charge is 0.323 e. The van der Waals surface area contributed by atoms with Gasteiger partial charge < -0.3 is 9.64 Å². The Morgan fingerprint density at radius 3 is 2.95 bits per heavy atom. The van der Waals surface area contributed by atoms with Crippen LogP contribution in [0.2, 0.25) is 0 Å². The van der Waals surface area contributed by atoms with E-state index in [1.54, 1.807) is 6.20 Å². The standard InChI is InChI=1S/C16H25N3O2/c1-3-9-19(12-14-6-4-5-10-21-14)16(20)18-15-8-7-13(2)11-17-15/h7-8,11,14H,3-6,9-10,12H2,1-2H3,(H,17,18,20). The van der Waals surface area contributed by atoms with Gasteiger partial charge >= 0.3 is 6.03 Å². The van der Waals surface area contributed by atoms with Gasteiger partial charge in [-0.1, -0.05) is 13.0 Å². The highest BCUT2D eigenvalue weighted by Crippen LogP contribution is 2.15. The van der Waals surface area contributed by atoms with Gasteiger partial charge in [-0.3, -0.25) is 5.32 Å². The van der Waals surface area contributed by atoms with E-state index < -0.39 is 0 Å². The van der Waals surface area contributed by atoms with E-state index >= 15 is 0 Å². The monoisotopic (exact) mass is 291 g/mol. The number of rotatable bonds is 5. The minimum absolute atomic E-state index is 0.0950. The summed E-state index contributed by atoms with van der Waals surface area (Å²) in [5.41, 5.74) is 1.08. The lowest BCUT2D eigenvalue weighted by Crippen LogP contribution is -2.42. The van der Waals surface area contributed by atoms with Crippen molar-refractivity contribution in [2.24, 2.45) is 0 Å². The van der Waals surface area contributed by atoms with Crippen LogP contribution >= 0.6 is 0 Å². The highest BCUT2D eigenvalue weighted by Gasteiger charge is 2.21. The molecule has 0 aromatic carbocycles. The lowest BCUT2D eigenvalue weighted by atomic mass is 10.1. The number of anilines is 1. The molecule has 1 unspecified atom stereocenters. The van der Waals surface area contributed by atoms with Gasteiger partial charge in [0.2, 0.25) is 0 Å². The maximum absolute atomic E-state index is 12.4. The van der Waals surface area contributed by atoms with Crippen molar-refractivity contribution >= 4 is 11.8 Å². The minimum atomic E-state index is -0.0950. The van der Waals surface area contributed by atoms with Gasteiger partial charge in [-0.2, -0.15) is 0 Å². The van der Waals surface area contributed by atoms with Crippen molar-refractivity contribution in [3.05, 3.63) is 23.9 Å². The summed E-state index contributed by atoms with van der Waals surface area (Å²) in [7, 11) is 0. The zero-order chi connectivity index (χ0) is 15.1. The molecule has 1 aromatic heterocycles. The Kier molecular flexibility index (Phi) is 5.99. The average Bonchev–Trinajstić information content (AvgIpc) is 2.50. The lowest BCUT2D eigenvalue weighted by molar-refractivity contribution is 0.00161. The maximum atomic E-state index is 12.4. The Morgan fingerprint density at radius 1 is 1.48 bits per heavy atom. The summed E-state index contributed by atoms with van der Waals surface area (Å²) in [6.07, 6.45) is 6.21. The summed E-state index contributed by atoms with van der Waals surface area (Å²) in [4.78, 5) is 18.4. The molecule has 1 aliphatic heterocycles. The first kappa shape index (κ1) is 15.8. The second kappa shape index (κ2) is 7.98. The molecule has 5 heteroatoms. The van der Waals surface area contributed by atoms with E-state index in [0.29, 0.717) is 12.4 Å². The van der Waals surface area contributed by atoms with E-state index in [4.69, 9.17) is 4.74 Å². The fraction of sp³-hybridized carbons (Fsp3) is 0.625. The fourth-order valence-corrected chi connectivity index (χ4v) is 2.47. The second-order valence-corrected chi connectivity index (χ2v) is 5.59. The van der Waals surface area contributed by atoms with Crippen LogP contribution in [-0.4, -0.2) is 41.7 Å². The number of aromatic nitrogens is 1. The van der Waals surface area contributed by atoms with Crippen LogP contribution in [0.5, 0.6) is 0 Å². The third-order valence-electron chi connectivity index (χ3n) is 3.63. The van der Waals surface area contributed by atoms with E-state index in [-0.39, 0.29) is 12.1 Å². The number of pyridine rings is 1. The molecule has 1 saturated heterocycles. The molecule has 1 N–H and O–H groups in total. The van der Waals surface area contributed by atoms with Gasteiger partial charge in [0.25, 0.3) is 0 Å². The number of carbonyl (C=O) groups is 1. The maximum Gasteiger partial charge on any atom is 0.323 e. The number of nitrogens with one attached hydrogen (secondary N) is 1. The molecule has 0 saturated carbocycles. The molecule has 0 bridgehead atoms. The normalized spacial score (nSPS) is 18.3. The van der Waals surface area contributed by atoms with Crippen LogP contribution in [0.1, 0.15) is 38.2 Å². The van der Waals surface area contributed by atoms with Crippen molar-refractivity contribution < 1.29 is 9.53 Å². The van der Waals surface area contributed by atoms with Crippen LogP contribution in [0.15, 0.2) is 18.3 Å². The van der Waals surface area contributed by atoms with Crippen molar-refractivity contribution in [1.82, 2.24) is 9.88 Å². The van der Waals surface area contributed by atoms with Crippen molar-refractivity contribution in [2.45, 2.75) is 45.6 Å². The highest BCUT2D eigenvalue weighted by atomic mass is 16.5. The van der Waals surface area contributed by atoms with Gasteiger partial charge in [0.1, 0.15) is 5.82 Å². The summed E-state index contributed by atoms with van der Waals surface area (Å²) in [5, 5.41) is 2.86. The Morgan fingerprint density at radius 2 is 2.33 bits per heavy atom. The quantitative estimate of drug-likeness (QED) is 0.906. The largest absolute Gasteiger partial charge is 0.376 e. The van der Waals surface area contributed by atoms with E-state index in [9.17, 15) is 4.79 Å². The SMILES string of the molecule is CCCN(CC1CCCCO1)C(=O)Nc1ccc(C)cn1. The number of hydrogen-bond donors (Lipinski definition) is 1. The predicted molar refractivity (Wildman–Crippen MR) is 83.4 cm³/mol. The molecule has 0 spiro atoms. The predicted octanol–water partition coefficient (Wildman–Crippen LogP) is 3.20. The molecular weight excluding hydrogens is 266 g/mol. The molecule has 21 heavy (non-hydrogen) atoms.